The van der Waals surface area contributed by atoms with Crippen molar-refractivity contribution in [2.75, 3.05) is 16.6 Å². The van der Waals surface area contributed by atoms with Gasteiger partial charge in [0.15, 0.2) is 0 Å². The molecule has 2 aromatic rings. The lowest BCUT2D eigenvalue weighted by atomic mass is 10.2. The number of carbonyl (C=O) groups excluding carboxylic acids is 2. The maximum absolute atomic E-state index is 12.6. The van der Waals surface area contributed by atoms with Crippen molar-refractivity contribution < 1.29 is 18.0 Å². The van der Waals surface area contributed by atoms with Crippen molar-refractivity contribution >= 4 is 33.2 Å². The molecule has 144 valence electrons. The average Bonchev–Trinajstić information content (AvgIpc) is 2.61. The summed E-state index contributed by atoms with van der Waals surface area (Å²) in [6, 6.07) is 12.1. The number of carbonyl (C=O) groups is 2. The van der Waals surface area contributed by atoms with Crippen LogP contribution >= 0.6 is 0 Å². The van der Waals surface area contributed by atoms with Crippen molar-refractivity contribution in [3.05, 3.63) is 54.1 Å². The summed E-state index contributed by atoms with van der Waals surface area (Å²) in [7, 11) is -3.85. The quantitative estimate of drug-likeness (QED) is 0.677. The van der Waals surface area contributed by atoms with Crippen LogP contribution in [0.1, 0.15) is 31.1 Å². The largest absolute Gasteiger partial charge is 0.352 e. The molecule has 0 atom stereocenters. The van der Waals surface area contributed by atoms with E-state index in [9.17, 15) is 18.0 Å². The molecule has 27 heavy (non-hydrogen) atoms. The van der Waals surface area contributed by atoms with Gasteiger partial charge in [-0.3, -0.25) is 14.3 Å². The number of nitrogens with one attached hydrogen (secondary N) is 3. The van der Waals surface area contributed by atoms with Gasteiger partial charge in [-0.2, -0.15) is 0 Å². The standard InChI is InChI=1S/C19H23N3O4S/c1-13(2)12-20-19(24)15-5-4-6-18(11-15)27(25,26)22-17-9-7-16(8-10-17)21-14(3)23/h4-11,13,22H,12H2,1-3H3,(H,20,24)(H,21,23). The van der Waals surface area contributed by atoms with E-state index in [-0.39, 0.29) is 22.3 Å². The number of hydrogen-bond acceptors (Lipinski definition) is 4. The lowest BCUT2D eigenvalue weighted by Gasteiger charge is -2.11. The topological polar surface area (TPSA) is 104 Å². The Morgan fingerprint density at radius 3 is 2.22 bits per heavy atom. The van der Waals surface area contributed by atoms with E-state index in [1.54, 1.807) is 30.3 Å². The molecule has 8 heteroatoms. The van der Waals surface area contributed by atoms with Crippen LogP contribution in [0.3, 0.4) is 0 Å². The van der Waals surface area contributed by atoms with Gasteiger partial charge in [0.2, 0.25) is 5.91 Å². The molecule has 0 radical (unpaired) electrons. The van der Waals surface area contributed by atoms with Gasteiger partial charge >= 0.3 is 0 Å². The SMILES string of the molecule is CC(=O)Nc1ccc(NS(=O)(=O)c2cccc(C(=O)NCC(C)C)c2)cc1. The summed E-state index contributed by atoms with van der Waals surface area (Å²) >= 11 is 0. The van der Waals surface area contributed by atoms with Crippen LogP contribution in [0.5, 0.6) is 0 Å². The maximum Gasteiger partial charge on any atom is 0.261 e. The smallest absolute Gasteiger partial charge is 0.261 e. The number of rotatable bonds is 7. The molecular weight excluding hydrogens is 366 g/mol. The Balaban J connectivity index is 2.15. The van der Waals surface area contributed by atoms with E-state index < -0.39 is 10.0 Å². The van der Waals surface area contributed by atoms with Gasteiger partial charge in [-0.15, -0.1) is 0 Å². The predicted octanol–water partition coefficient (Wildman–Crippen LogP) is 2.83. The molecule has 0 aliphatic carbocycles. The van der Waals surface area contributed by atoms with Crippen LogP contribution in [-0.4, -0.2) is 26.8 Å². The number of amides is 2. The molecule has 0 aromatic heterocycles. The molecule has 2 amide bonds. The highest BCUT2D eigenvalue weighted by Gasteiger charge is 2.16. The maximum atomic E-state index is 12.6. The summed E-state index contributed by atoms with van der Waals surface area (Å²) in [6.45, 7) is 5.85. The minimum Gasteiger partial charge on any atom is -0.352 e. The Kier molecular flexibility index (Phi) is 6.57. The summed E-state index contributed by atoms with van der Waals surface area (Å²) in [5, 5.41) is 5.37. The fraction of sp³-hybridized carbons (Fsp3) is 0.263. The summed E-state index contributed by atoms with van der Waals surface area (Å²) in [4.78, 5) is 23.2. The Hall–Kier alpha value is -2.87. The third kappa shape index (κ3) is 6.10. The van der Waals surface area contributed by atoms with Gasteiger partial charge in [0, 0.05) is 30.4 Å². The van der Waals surface area contributed by atoms with Crippen molar-refractivity contribution in [3.8, 4) is 0 Å². The van der Waals surface area contributed by atoms with Crippen molar-refractivity contribution in [3.63, 3.8) is 0 Å². The first kappa shape index (κ1) is 20.4. The molecular formula is C19H23N3O4S. The molecule has 0 saturated carbocycles. The molecule has 7 nitrogen and oxygen atoms in total. The first-order chi connectivity index (χ1) is 12.7. The summed E-state index contributed by atoms with van der Waals surface area (Å²) in [5.41, 5.74) is 1.19. The number of anilines is 2. The van der Waals surface area contributed by atoms with Crippen LogP contribution in [-0.2, 0) is 14.8 Å². The molecule has 0 spiro atoms. The van der Waals surface area contributed by atoms with Crippen molar-refractivity contribution in [1.82, 2.24) is 5.32 Å². The highest BCUT2D eigenvalue weighted by Crippen LogP contribution is 2.19. The zero-order chi connectivity index (χ0) is 20.0. The second-order valence-corrected chi connectivity index (χ2v) is 8.18. The Bertz CT molecular complexity index is 922. The van der Waals surface area contributed by atoms with Crippen LogP contribution in [0.4, 0.5) is 11.4 Å². The summed E-state index contributed by atoms with van der Waals surface area (Å²) < 4.78 is 27.6. The molecule has 0 aliphatic rings. The first-order valence-corrected chi connectivity index (χ1v) is 9.94. The number of hydrogen-bond donors (Lipinski definition) is 3. The van der Waals surface area contributed by atoms with E-state index in [0.717, 1.165) is 0 Å². The normalized spacial score (nSPS) is 11.1. The number of sulfonamides is 1. The van der Waals surface area contributed by atoms with E-state index in [1.807, 2.05) is 13.8 Å². The van der Waals surface area contributed by atoms with Crippen molar-refractivity contribution in [2.24, 2.45) is 5.92 Å². The third-order valence-corrected chi connectivity index (χ3v) is 4.91. The monoisotopic (exact) mass is 389 g/mol. The lowest BCUT2D eigenvalue weighted by Crippen LogP contribution is -2.27. The Morgan fingerprint density at radius 1 is 1.00 bits per heavy atom. The Morgan fingerprint density at radius 2 is 1.63 bits per heavy atom. The van der Waals surface area contributed by atoms with Crippen molar-refractivity contribution in [2.45, 2.75) is 25.7 Å². The van der Waals surface area contributed by atoms with E-state index >= 15 is 0 Å². The van der Waals surface area contributed by atoms with Gasteiger partial charge in [-0.25, -0.2) is 8.42 Å². The molecule has 3 N–H and O–H groups in total. The minimum atomic E-state index is -3.85. The predicted molar refractivity (Wildman–Crippen MR) is 105 cm³/mol. The minimum absolute atomic E-state index is 0.00867. The van der Waals surface area contributed by atoms with E-state index in [0.29, 0.717) is 23.8 Å². The van der Waals surface area contributed by atoms with Crippen LogP contribution in [0.25, 0.3) is 0 Å². The van der Waals surface area contributed by atoms with E-state index in [4.69, 9.17) is 0 Å². The van der Waals surface area contributed by atoms with E-state index in [1.165, 1.54) is 25.1 Å². The molecule has 0 aliphatic heterocycles. The van der Waals surface area contributed by atoms with Gasteiger partial charge in [0.05, 0.1) is 4.90 Å². The van der Waals surface area contributed by atoms with Gasteiger partial charge in [0.25, 0.3) is 15.9 Å². The van der Waals surface area contributed by atoms with Gasteiger partial charge in [-0.1, -0.05) is 19.9 Å². The zero-order valence-corrected chi connectivity index (χ0v) is 16.3. The molecule has 0 heterocycles. The lowest BCUT2D eigenvalue weighted by molar-refractivity contribution is -0.114. The Labute approximate surface area is 159 Å². The van der Waals surface area contributed by atoms with Crippen LogP contribution < -0.4 is 15.4 Å². The zero-order valence-electron chi connectivity index (χ0n) is 15.4. The van der Waals surface area contributed by atoms with Gasteiger partial charge in [-0.05, 0) is 48.4 Å². The van der Waals surface area contributed by atoms with Gasteiger partial charge in [0.1, 0.15) is 0 Å². The molecule has 0 bridgehead atoms. The fourth-order valence-corrected chi connectivity index (χ4v) is 3.35. The molecule has 2 aromatic carbocycles. The van der Waals surface area contributed by atoms with Crippen LogP contribution in [0, 0.1) is 5.92 Å². The molecule has 2 rings (SSSR count). The van der Waals surface area contributed by atoms with Crippen molar-refractivity contribution in [1.29, 1.82) is 0 Å². The fourth-order valence-electron chi connectivity index (χ4n) is 2.24. The second-order valence-electron chi connectivity index (χ2n) is 6.50. The summed E-state index contributed by atoms with van der Waals surface area (Å²) in [6.07, 6.45) is 0. The first-order valence-electron chi connectivity index (χ1n) is 8.46. The van der Waals surface area contributed by atoms with Crippen LogP contribution in [0.15, 0.2) is 53.4 Å². The second kappa shape index (κ2) is 8.68. The summed E-state index contributed by atoms with van der Waals surface area (Å²) in [5.74, 6) is -0.237. The average molecular weight is 389 g/mol. The highest BCUT2D eigenvalue weighted by atomic mass is 32.2. The molecule has 0 fully saturated rings. The highest BCUT2D eigenvalue weighted by molar-refractivity contribution is 7.92. The number of benzene rings is 2. The third-order valence-electron chi connectivity index (χ3n) is 3.53. The molecule has 0 saturated heterocycles. The molecule has 0 unspecified atom stereocenters. The van der Waals surface area contributed by atoms with Crippen LogP contribution in [0.2, 0.25) is 0 Å². The van der Waals surface area contributed by atoms with Gasteiger partial charge < -0.3 is 10.6 Å². The van der Waals surface area contributed by atoms with E-state index in [2.05, 4.69) is 15.4 Å².